The van der Waals surface area contributed by atoms with Gasteiger partial charge in [0.25, 0.3) is 0 Å². The SMILES string of the molecule is CCc1ccc([N+](c2ccccc2)(c2ccccc2)c2ccccc2)c(CC)c1CC.CCc1ccc([N+](c2ccccc2)(c2ccccc2)c2ccccc2)c(CC)c1CC.CCc1ccc([N+](c2ccccc2)(c2ccccc2)c2ccccc2)c(CC)c1CC.[O-]B([O-])[O-]. The Labute approximate surface area is 580 Å². The van der Waals surface area contributed by atoms with E-state index in [1.807, 2.05) is 0 Å². The second-order valence-electron chi connectivity index (χ2n) is 24.1. The summed E-state index contributed by atoms with van der Waals surface area (Å²) in [5.74, 6) is 0. The fourth-order valence-corrected chi connectivity index (χ4v) is 15.1. The van der Waals surface area contributed by atoms with Gasteiger partial charge in [-0.2, -0.15) is 13.4 Å². The zero-order valence-corrected chi connectivity index (χ0v) is 58.5. The Bertz CT molecular complexity index is 3580. The lowest BCUT2D eigenvalue weighted by atomic mass is 9.91. The van der Waals surface area contributed by atoms with Crippen molar-refractivity contribution in [1.82, 2.24) is 13.4 Å². The summed E-state index contributed by atoms with van der Waals surface area (Å²) >= 11 is 0. The second kappa shape index (κ2) is 34.9. The zero-order valence-electron chi connectivity index (χ0n) is 58.5. The summed E-state index contributed by atoms with van der Waals surface area (Å²) < 4.78 is 1.76. The first-order valence-electron chi connectivity index (χ1n) is 35.1. The summed E-state index contributed by atoms with van der Waals surface area (Å²) in [5.41, 5.74) is 28.6. The molecule has 0 bridgehead atoms. The first kappa shape index (κ1) is 71.8. The van der Waals surface area contributed by atoms with E-state index in [0.29, 0.717) is 13.4 Å². The van der Waals surface area contributed by atoms with Gasteiger partial charge in [0.2, 0.25) is 0 Å². The van der Waals surface area contributed by atoms with Crippen molar-refractivity contribution < 1.29 is 15.1 Å². The summed E-state index contributed by atoms with van der Waals surface area (Å²) in [5, 5.41) is 25.2. The van der Waals surface area contributed by atoms with Crippen LogP contribution >= 0.6 is 0 Å². The van der Waals surface area contributed by atoms with Crippen LogP contribution in [0.15, 0.2) is 309 Å². The monoisotopic (exact) mass is 1280 g/mol. The van der Waals surface area contributed by atoms with Crippen LogP contribution in [-0.2, 0) is 57.8 Å². The summed E-state index contributed by atoms with van der Waals surface area (Å²) in [6.07, 6.45) is 9.40. The van der Waals surface area contributed by atoms with Crippen molar-refractivity contribution >= 4 is 75.6 Å². The molecule has 97 heavy (non-hydrogen) atoms. The zero-order chi connectivity index (χ0) is 68.6. The van der Waals surface area contributed by atoms with E-state index in [9.17, 15) is 0 Å². The van der Waals surface area contributed by atoms with Crippen molar-refractivity contribution in [3.8, 4) is 0 Å². The Hall–Kier alpha value is -9.54. The Morgan fingerprint density at radius 3 is 0.433 bits per heavy atom. The molecule has 0 saturated heterocycles. The maximum absolute atomic E-state index is 8.42. The topological polar surface area (TPSA) is 69.2 Å². The third-order valence-electron chi connectivity index (χ3n) is 19.1. The Kier molecular flexibility index (Phi) is 25.8. The van der Waals surface area contributed by atoms with Crippen LogP contribution in [0.3, 0.4) is 0 Å². The maximum Gasteiger partial charge on any atom is 0.151 e. The normalized spacial score (nSPS) is 11.3. The number of benzene rings is 12. The van der Waals surface area contributed by atoms with Crippen LogP contribution in [0.2, 0.25) is 0 Å². The fourth-order valence-electron chi connectivity index (χ4n) is 15.1. The van der Waals surface area contributed by atoms with Crippen molar-refractivity contribution in [1.29, 1.82) is 0 Å². The number of aryl methyl sites for hydroxylation is 3. The van der Waals surface area contributed by atoms with Crippen LogP contribution < -0.4 is 28.5 Å². The minimum absolute atomic E-state index is 0.586. The standard InChI is InChI=1S/3C30H32N.BO3/c3*1-4-24-22-23-30(29(6-3)28(24)5-2)31(25-16-10-7-11-17-25,26-18-12-8-13-19-26)27-20-14-9-15-21-27;2-1(3)4/h3*7-23H,4-6H2,1-3H3;/q3*+1;-3. The molecule has 12 aromatic rings. The first-order valence-corrected chi connectivity index (χ1v) is 35.1. The molecule has 0 saturated carbocycles. The predicted octanol–water partition coefficient (Wildman–Crippen LogP) is 22.1. The molecule has 0 fully saturated rings. The number of para-hydroxylation sites is 9. The van der Waals surface area contributed by atoms with Crippen molar-refractivity contribution in [2.24, 2.45) is 0 Å². The second-order valence-corrected chi connectivity index (χ2v) is 24.1. The largest absolute Gasteiger partial charge is 0.907 e. The van der Waals surface area contributed by atoms with Crippen molar-refractivity contribution in [2.45, 2.75) is 120 Å². The maximum atomic E-state index is 8.42. The van der Waals surface area contributed by atoms with Crippen LogP contribution in [0.5, 0.6) is 0 Å². The van der Waals surface area contributed by atoms with Crippen molar-refractivity contribution in [3.05, 3.63) is 359 Å². The molecule has 0 radical (unpaired) electrons. The lowest BCUT2D eigenvalue weighted by Crippen LogP contribution is -2.56. The van der Waals surface area contributed by atoms with Gasteiger partial charge in [0.1, 0.15) is 51.2 Å². The minimum Gasteiger partial charge on any atom is -0.907 e. The number of hydrogen-bond acceptors (Lipinski definition) is 3. The molecule has 0 aliphatic rings. The van der Waals surface area contributed by atoms with Crippen LogP contribution in [0.1, 0.15) is 112 Å². The summed E-state index contributed by atoms with van der Waals surface area (Å²) in [6.45, 7) is 20.6. The van der Waals surface area contributed by atoms with E-state index in [0.717, 1.165) is 57.8 Å². The molecule has 0 aliphatic heterocycles. The third-order valence-corrected chi connectivity index (χ3v) is 19.1. The minimum atomic E-state index is -2.92. The van der Waals surface area contributed by atoms with E-state index in [1.54, 1.807) is 0 Å². The molecule has 0 N–H and O–H groups in total. The lowest BCUT2D eigenvalue weighted by Gasteiger charge is -2.39. The molecule has 0 aromatic heterocycles. The number of nitrogens with zero attached hydrogens (tertiary/aromatic N) is 3. The summed E-state index contributed by atoms with van der Waals surface area (Å²) in [6, 6.07) is 113. The average Bonchev–Trinajstić information content (AvgIpc) is 0.743. The van der Waals surface area contributed by atoms with Gasteiger partial charge in [-0.3, -0.25) is 7.32 Å². The Balaban J connectivity index is 0.000000166. The van der Waals surface area contributed by atoms with E-state index in [-0.39, 0.29) is 0 Å². The molecule has 6 nitrogen and oxygen atoms in total. The molecule has 12 rings (SSSR count). The Morgan fingerprint density at radius 1 is 0.186 bits per heavy atom. The first-order chi connectivity index (χ1) is 47.5. The van der Waals surface area contributed by atoms with Crippen LogP contribution in [0, 0.1) is 0 Å². The molecule has 7 heteroatoms. The molecule has 0 amide bonds. The third kappa shape index (κ3) is 14.9. The molecule has 492 valence electrons. The molecule has 12 aromatic carbocycles. The number of hydrogen-bond donors (Lipinski definition) is 0. The molecule has 0 atom stereocenters. The van der Waals surface area contributed by atoms with Gasteiger partial charge < -0.3 is 15.1 Å². The molecular weight excluding hydrogens is 1180 g/mol. The fraction of sp³-hybridized carbons (Fsp3) is 0.200. The van der Waals surface area contributed by atoms with Gasteiger partial charge in [-0.15, -0.1) is 0 Å². The highest BCUT2D eigenvalue weighted by Crippen LogP contribution is 2.57. The molecule has 0 unspecified atom stereocenters. The average molecular weight is 1280 g/mol. The number of rotatable bonds is 21. The number of quaternary nitrogens is 3. The van der Waals surface area contributed by atoms with E-state index >= 15 is 0 Å². The Morgan fingerprint density at radius 2 is 0.320 bits per heavy atom. The molecular formula is C90H96BN3O3. The van der Waals surface area contributed by atoms with E-state index in [1.165, 1.54) is 118 Å². The van der Waals surface area contributed by atoms with Gasteiger partial charge in [0.15, 0.2) is 17.1 Å². The smallest absolute Gasteiger partial charge is 0.151 e. The van der Waals surface area contributed by atoms with Crippen molar-refractivity contribution in [2.75, 3.05) is 0 Å². The molecule has 0 aliphatic carbocycles. The van der Waals surface area contributed by atoms with Crippen LogP contribution in [0.25, 0.3) is 0 Å². The van der Waals surface area contributed by atoms with Gasteiger partial charge in [-0.25, -0.2) is 0 Å². The van der Waals surface area contributed by atoms with Gasteiger partial charge in [0.05, 0.1) is 0 Å². The van der Waals surface area contributed by atoms with Gasteiger partial charge in [-0.1, -0.05) is 244 Å². The lowest BCUT2D eigenvalue weighted by molar-refractivity contribution is -0.479. The van der Waals surface area contributed by atoms with E-state index in [4.69, 9.17) is 15.1 Å². The van der Waals surface area contributed by atoms with Crippen LogP contribution in [-0.4, -0.2) is 7.32 Å². The highest BCUT2D eigenvalue weighted by molar-refractivity contribution is 6.24. The molecule has 0 heterocycles. The van der Waals surface area contributed by atoms with Crippen molar-refractivity contribution in [3.63, 3.8) is 0 Å². The summed E-state index contributed by atoms with van der Waals surface area (Å²) in [4.78, 5) is 0. The quantitative estimate of drug-likeness (QED) is 0.0532. The highest BCUT2D eigenvalue weighted by Gasteiger charge is 2.44. The predicted molar refractivity (Wildman–Crippen MR) is 410 cm³/mol. The van der Waals surface area contributed by atoms with E-state index in [2.05, 4.69) is 372 Å². The van der Waals surface area contributed by atoms with E-state index < -0.39 is 7.32 Å². The molecule has 0 spiro atoms. The summed E-state index contributed by atoms with van der Waals surface area (Å²) in [7, 11) is -2.92. The van der Waals surface area contributed by atoms with Crippen LogP contribution in [0.4, 0.5) is 68.2 Å². The van der Waals surface area contributed by atoms with Gasteiger partial charge in [0, 0.05) is 144 Å². The van der Waals surface area contributed by atoms with Gasteiger partial charge in [-0.05, 0) is 91.2 Å². The highest BCUT2D eigenvalue weighted by atomic mass is 16.5. The van der Waals surface area contributed by atoms with Gasteiger partial charge >= 0.3 is 0 Å².